The number of ether oxygens (including phenoxy) is 1. The van der Waals surface area contributed by atoms with E-state index in [0.717, 1.165) is 36.0 Å². The summed E-state index contributed by atoms with van der Waals surface area (Å²) in [5.74, 6) is 0.741. The molecule has 1 aliphatic heterocycles. The summed E-state index contributed by atoms with van der Waals surface area (Å²) in [7, 11) is 0. The normalized spacial score (nSPS) is 19.3. The van der Waals surface area contributed by atoms with Crippen molar-refractivity contribution in [3.05, 3.63) is 40.4 Å². The van der Waals surface area contributed by atoms with Gasteiger partial charge in [0, 0.05) is 17.3 Å². The van der Waals surface area contributed by atoms with E-state index >= 15 is 0 Å². The Morgan fingerprint density at radius 3 is 2.61 bits per heavy atom. The van der Waals surface area contributed by atoms with Gasteiger partial charge in [0.15, 0.2) is 0 Å². The first kappa shape index (κ1) is 12.1. The number of halogens is 2. The average Bonchev–Trinajstić information content (AvgIpc) is 2.87. The van der Waals surface area contributed by atoms with E-state index in [9.17, 15) is 0 Å². The fraction of sp³-hybridized carbons (Fsp3) is 0.286. The van der Waals surface area contributed by atoms with Crippen LogP contribution in [0.2, 0.25) is 10.0 Å². The van der Waals surface area contributed by atoms with Crippen LogP contribution in [-0.2, 0) is 0 Å². The van der Waals surface area contributed by atoms with Gasteiger partial charge in [-0.3, -0.25) is 0 Å². The van der Waals surface area contributed by atoms with Gasteiger partial charge >= 0.3 is 0 Å². The smallest absolute Gasteiger partial charge is 0.146 e. The molecular weight excluding hydrogens is 269 g/mol. The first-order valence-electron chi connectivity index (χ1n) is 6.00. The van der Waals surface area contributed by atoms with Crippen molar-refractivity contribution in [1.82, 2.24) is 5.32 Å². The van der Waals surface area contributed by atoms with Crippen LogP contribution in [0.25, 0.3) is 10.8 Å². The molecule has 1 atom stereocenters. The highest BCUT2D eigenvalue weighted by atomic mass is 35.5. The van der Waals surface area contributed by atoms with Crippen LogP contribution in [0.4, 0.5) is 0 Å². The van der Waals surface area contributed by atoms with Crippen molar-refractivity contribution in [2.75, 3.05) is 13.1 Å². The summed E-state index contributed by atoms with van der Waals surface area (Å²) in [4.78, 5) is 0. The van der Waals surface area contributed by atoms with Crippen molar-refractivity contribution in [3.8, 4) is 5.75 Å². The molecule has 1 aliphatic rings. The number of rotatable bonds is 2. The van der Waals surface area contributed by atoms with Crippen molar-refractivity contribution in [2.45, 2.75) is 12.5 Å². The summed E-state index contributed by atoms with van der Waals surface area (Å²) in [5.41, 5.74) is 0. The fourth-order valence-electron chi connectivity index (χ4n) is 2.29. The monoisotopic (exact) mass is 281 g/mol. The Labute approximate surface area is 116 Å². The van der Waals surface area contributed by atoms with Gasteiger partial charge in [-0.2, -0.15) is 0 Å². The zero-order chi connectivity index (χ0) is 12.5. The highest BCUT2D eigenvalue weighted by molar-refractivity contribution is 6.39. The second-order valence-corrected chi connectivity index (χ2v) is 5.26. The molecule has 0 unspecified atom stereocenters. The highest BCUT2D eigenvalue weighted by Crippen LogP contribution is 2.38. The molecule has 2 nitrogen and oxygen atoms in total. The first-order valence-corrected chi connectivity index (χ1v) is 6.75. The number of fused-ring (bicyclic) bond motifs is 1. The molecule has 0 bridgehead atoms. The molecule has 0 amide bonds. The topological polar surface area (TPSA) is 21.3 Å². The van der Waals surface area contributed by atoms with Gasteiger partial charge in [0.1, 0.15) is 11.9 Å². The van der Waals surface area contributed by atoms with Gasteiger partial charge in [-0.15, -0.1) is 0 Å². The zero-order valence-electron chi connectivity index (χ0n) is 9.75. The number of hydrogen-bond acceptors (Lipinski definition) is 2. The molecule has 0 spiro atoms. The SMILES string of the molecule is Clc1cc(Cl)c2ccccc2c1O[C@@H]1CCNC1. The average molecular weight is 282 g/mol. The second-order valence-electron chi connectivity index (χ2n) is 4.45. The Balaban J connectivity index is 2.09. The predicted molar refractivity (Wildman–Crippen MR) is 75.9 cm³/mol. The van der Waals surface area contributed by atoms with Crippen LogP contribution >= 0.6 is 23.2 Å². The molecule has 2 aromatic rings. The quantitative estimate of drug-likeness (QED) is 0.902. The summed E-state index contributed by atoms with van der Waals surface area (Å²) in [5, 5.41) is 6.46. The van der Waals surface area contributed by atoms with Gasteiger partial charge in [0.2, 0.25) is 0 Å². The van der Waals surface area contributed by atoms with Gasteiger partial charge < -0.3 is 10.1 Å². The summed E-state index contributed by atoms with van der Waals surface area (Å²) >= 11 is 12.5. The molecule has 0 aromatic heterocycles. The van der Waals surface area contributed by atoms with Gasteiger partial charge in [-0.05, 0) is 19.0 Å². The third-order valence-electron chi connectivity index (χ3n) is 3.20. The largest absolute Gasteiger partial charge is 0.487 e. The van der Waals surface area contributed by atoms with Crippen molar-refractivity contribution in [1.29, 1.82) is 0 Å². The Morgan fingerprint density at radius 2 is 1.89 bits per heavy atom. The lowest BCUT2D eigenvalue weighted by Gasteiger charge is -2.16. The Hall–Kier alpha value is -0.960. The molecule has 94 valence electrons. The summed E-state index contributed by atoms with van der Waals surface area (Å²) < 4.78 is 6.02. The molecule has 1 saturated heterocycles. The number of hydrogen-bond donors (Lipinski definition) is 1. The minimum absolute atomic E-state index is 0.187. The minimum atomic E-state index is 0.187. The molecule has 0 radical (unpaired) electrons. The van der Waals surface area contributed by atoms with Gasteiger partial charge in [-0.1, -0.05) is 47.5 Å². The molecular formula is C14H13Cl2NO. The van der Waals surface area contributed by atoms with Crippen LogP contribution in [0.15, 0.2) is 30.3 Å². The van der Waals surface area contributed by atoms with Crippen LogP contribution in [-0.4, -0.2) is 19.2 Å². The van der Waals surface area contributed by atoms with Gasteiger partial charge in [0.05, 0.1) is 10.0 Å². The lowest BCUT2D eigenvalue weighted by molar-refractivity contribution is 0.226. The van der Waals surface area contributed by atoms with Crippen molar-refractivity contribution >= 4 is 34.0 Å². The summed E-state index contributed by atoms with van der Waals surface area (Å²) in [6.45, 7) is 1.86. The van der Waals surface area contributed by atoms with Gasteiger partial charge in [-0.25, -0.2) is 0 Å². The van der Waals surface area contributed by atoms with Crippen LogP contribution in [0, 0.1) is 0 Å². The molecule has 1 heterocycles. The maximum Gasteiger partial charge on any atom is 0.146 e. The molecule has 0 saturated carbocycles. The lowest BCUT2D eigenvalue weighted by Crippen LogP contribution is -2.19. The molecule has 1 N–H and O–H groups in total. The molecule has 18 heavy (non-hydrogen) atoms. The van der Waals surface area contributed by atoms with E-state index < -0.39 is 0 Å². The van der Waals surface area contributed by atoms with Crippen molar-refractivity contribution < 1.29 is 4.74 Å². The van der Waals surface area contributed by atoms with Crippen molar-refractivity contribution in [2.24, 2.45) is 0 Å². The Kier molecular flexibility index (Phi) is 3.33. The second kappa shape index (κ2) is 4.96. The number of nitrogens with one attached hydrogen (secondary N) is 1. The maximum absolute atomic E-state index is 6.26. The van der Waals surface area contributed by atoms with Crippen molar-refractivity contribution in [3.63, 3.8) is 0 Å². The van der Waals surface area contributed by atoms with E-state index in [2.05, 4.69) is 5.32 Å². The Morgan fingerprint density at radius 1 is 1.11 bits per heavy atom. The fourth-order valence-corrected chi connectivity index (χ4v) is 2.87. The highest BCUT2D eigenvalue weighted by Gasteiger charge is 2.19. The first-order chi connectivity index (χ1) is 8.75. The van der Waals surface area contributed by atoms with E-state index in [-0.39, 0.29) is 6.10 Å². The summed E-state index contributed by atoms with van der Waals surface area (Å²) in [6, 6.07) is 9.65. The van der Waals surface area contributed by atoms with Gasteiger partial charge in [0.25, 0.3) is 0 Å². The van der Waals surface area contributed by atoms with E-state index in [1.807, 2.05) is 24.3 Å². The molecule has 1 fully saturated rings. The molecule has 3 rings (SSSR count). The van der Waals surface area contributed by atoms with E-state index in [0.29, 0.717) is 10.0 Å². The van der Waals surface area contributed by atoms with E-state index in [4.69, 9.17) is 27.9 Å². The third kappa shape index (κ3) is 2.16. The summed E-state index contributed by atoms with van der Waals surface area (Å²) in [6.07, 6.45) is 1.19. The predicted octanol–water partition coefficient (Wildman–Crippen LogP) is 3.89. The number of benzene rings is 2. The Bertz CT molecular complexity index is 579. The van der Waals surface area contributed by atoms with E-state index in [1.54, 1.807) is 6.07 Å². The standard InChI is InChI=1S/C14H13Cl2NO/c15-12-7-13(16)14(18-9-5-6-17-8-9)11-4-2-1-3-10(11)12/h1-4,7,9,17H,5-6,8H2/t9-/m1/s1. The lowest BCUT2D eigenvalue weighted by atomic mass is 10.1. The maximum atomic E-state index is 6.26. The van der Waals surface area contributed by atoms with Crippen LogP contribution in [0.3, 0.4) is 0 Å². The molecule has 2 aromatic carbocycles. The van der Waals surface area contributed by atoms with E-state index in [1.165, 1.54) is 0 Å². The minimum Gasteiger partial charge on any atom is -0.487 e. The molecule has 0 aliphatic carbocycles. The third-order valence-corrected chi connectivity index (χ3v) is 3.79. The van der Waals surface area contributed by atoms with Crippen LogP contribution < -0.4 is 10.1 Å². The van der Waals surface area contributed by atoms with Crippen LogP contribution in [0.5, 0.6) is 5.75 Å². The zero-order valence-corrected chi connectivity index (χ0v) is 11.3. The molecule has 4 heteroatoms. The van der Waals surface area contributed by atoms with Crippen LogP contribution in [0.1, 0.15) is 6.42 Å².